The van der Waals surface area contributed by atoms with Crippen LogP contribution in [0, 0.1) is 0 Å². The van der Waals surface area contributed by atoms with Crippen LogP contribution >= 0.6 is 0 Å². The first-order valence-electron chi connectivity index (χ1n) is 10.9. The van der Waals surface area contributed by atoms with Crippen LogP contribution in [0.25, 0.3) is 10.8 Å². The Morgan fingerprint density at radius 3 is 2.36 bits per heavy atom. The maximum atomic E-state index is 13.0. The molecule has 4 aromatic rings. The topological polar surface area (TPSA) is 71.5 Å². The first-order valence-corrected chi connectivity index (χ1v) is 12.4. The maximum Gasteiger partial charge on any atom is 0.261 e. The number of rotatable bonds is 6. The van der Waals surface area contributed by atoms with Crippen LogP contribution < -0.4 is 14.4 Å². The zero-order chi connectivity index (χ0) is 22.8. The normalized spacial score (nSPS) is 16.2. The summed E-state index contributed by atoms with van der Waals surface area (Å²) in [6, 6.07) is 24.7. The van der Waals surface area contributed by atoms with Crippen molar-refractivity contribution in [2.45, 2.75) is 17.2 Å². The van der Waals surface area contributed by atoms with Crippen LogP contribution in [0.4, 0.5) is 11.5 Å². The summed E-state index contributed by atoms with van der Waals surface area (Å²) in [5.74, 6) is 1.95. The number of nitrogens with zero attached hydrogens (tertiary/aromatic N) is 2. The smallest absolute Gasteiger partial charge is 0.261 e. The van der Waals surface area contributed by atoms with E-state index in [0.717, 1.165) is 36.1 Å². The van der Waals surface area contributed by atoms with E-state index in [2.05, 4.69) is 33.9 Å². The molecule has 1 saturated heterocycles. The summed E-state index contributed by atoms with van der Waals surface area (Å²) >= 11 is 0. The molecule has 7 heteroatoms. The average molecular weight is 460 g/mol. The lowest BCUT2D eigenvalue weighted by molar-refractivity contribution is 0.414. The van der Waals surface area contributed by atoms with Crippen molar-refractivity contribution in [2.75, 3.05) is 29.8 Å². The van der Waals surface area contributed by atoms with E-state index < -0.39 is 10.0 Å². The van der Waals surface area contributed by atoms with Crippen LogP contribution in [-0.4, -0.2) is 33.6 Å². The molecule has 0 amide bonds. The third-order valence-electron chi connectivity index (χ3n) is 6.15. The van der Waals surface area contributed by atoms with Crippen molar-refractivity contribution in [1.29, 1.82) is 0 Å². The molecule has 0 spiro atoms. The van der Waals surface area contributed by atoms with Crippen molar-refractivity contribution >= 4 is 32.3 Å². The van der Waals surface area contributed by atoms with Crippen LogP contribution in [0.3, 0.4) is 0 Å². The van der Waals surface area contributed by atoms with Gasteiger partial charge in [-0.1, -0.05) is 54.6 Å². The summed E-state index contributed by atoms with van der Waals surface area (Å²) < 4.78 is 33.8. The van der Waals surface area contributed by atoms with Crippen molar-refractivity contribution in [1.82, 2.24) is 4.98 Å². The predicted molar refractivity (Wildman–Crippen MR) is 132 cm³/mol. The lowest BCUT2D eigenvalue weighted by atomic mass is 9.99. The van der Waals surface area contributed by atoms with E-state index in [0.29, 0.717) is 17.4 Å². The van der Waals surface area contributed by atoms with Crippen molar-refractivity contribution in [2.24, 2.45) is 0 Å². The van der Waals surface area contributed by atoms with Crippen molar-refractivity contribution in [3.05, 3.63) is 90.6 Å². The number of aromatic nitrogens is 1. The second-order valence-corrected chi connectivity index (χ2v) is 9.85. The van der Waals surface area contributed by atoms with E-state index in [-0.39, 0.29) is 4.90 Å². The molecule has 1 fully saturated rings. The van der Waals surface area contributed by atoms with Gasteiger partial charge in [0.25, 0.3) is 10.0 Å². The fraction of sp³-hybridized carbons (Fsp3) is 0.192. The van der Waals surface area contributed by atoms with Crippen molar-refractivity contribution in [3.8, 4) is 5.75 Å². The number of benzene rings is 3. The Morgan fingerprint density at radius 1 is 0.939 bits per heavy atom. The zero-order valence-corrected chi connectivity index (χ0v) is 19.1. The number of sulfonamides is 1. The highest BCUT2D eigenvalue weighted by Gasteiger charge is 2.26. The standard InChI is InChI=1S/C26H25N3O3S/c1-32-21-11-13-22(14-12-21)33(30,31)28-25-17-27-26(24-10-6-5-9-23(24)25)29-16-15-20(18-29)19-7-3-2-4-8-19/h2-14,17,20,28H,15-16,18H2,1H3. The monoisotopic (exact) mass is 459 g/mol. The zero-order valence-electron chi connectivity index (χ0n) is 18.3. The van der Waals surface area contributed by atoms with Gasteiger partial charge >= 0.3 is 0 Å². The predicted octanol–water partition coefficient (Wildman–Crippen LogP) is 5.04. The van der Waals surface area contributed by atoms with Crippen LogP contribution in [0.5, 0.6) is 5.75 Å². The Bertz CT molecular complexity index is 1370. The molecule has 0 bridgehead atoms. The quantitative estimate of drug-likeness (QED) is 0.437. The van der Waals surface area contributed by atoms with E-state index >= 15 is 0 Å². The van der Waals surface area contributed by atoms with E-state index in [1.165, 1.54) is 17.7 Å². The van der Waals surface area contributed by atoms with Gasteiger partial charge in [-0.2, -0.15) is 0 Å². The van der Waals surface area contributed by atoms with Gasteiger partial charge in [0.05, 0.1) is 23.9 Å². The van der Waals surface area contributed by atoms with Crippen LogP contribution in [0.1, 0.15) is 17.9 Å². The fourth-order valence-corrected chi connectivity index (χ4v) is 5.48. The number of fused-ring (bicyclic) bond motifs is 1. The molecular formula is C26H25N3O3S. The number of hydrogen-bond acceptors (Lipinski definition) is 5. The third-order valence-corrected chi connectivity index (χ3v) is 7.53. The minimum atomic E-state index is -3.77. The summed E-state index contributed by atoms with van der Waals surface area (Å²) in [5.41, 5.74) is 1.80. The van der Waals surface area contributed by atoms with Crippen LogP contribution in [-0.2, 0) is 10.0 Å². The average Bonchev–Trinajstić information content (AvgIpc) is 3.35. The molecule has 5 rings (SSSR count). The lowest BCUT2D eigenvalue weighted by Gasteiger charge is -2.21. The van der Waals surface area contributed by atoms with Gasteiger partial charge in [-0.3, -0.25) is 4.72 Å². The molecule has 0 aliphatic carbocycles. The second-order valence-electron chi connectivity index (χ2n) is 8.16. The summed E-state index contributed by atoms with van der Waals surface area (Å²) in [5, 5.41) is 1.75. The van der Waals surface area contributed by atoms with Gasteiger partial charge in [-0.15, -0.1) is 0 Å². The van der Waals surface area contributed by atoms with E-state index in [4.69, 9.17) is 9.72 Å². The lowest BCUT2D eigenvalue weighted by Crippen LogP contribution is -2.21. The Kier molecular flexibility index (Phi) is 5.64. The van der Waals surface area contributed by atoms with Crippen LogP contribution in [0.2, 0.25) is 0 Å². The summed E-state index contributed by atoms with van der Waals surface area (Å²) in [7, 11) is -2.22. The van der Waals surface area contributed by atoms with E-state index in [1.807, 2.05) is 30.3 Å². The third kappa shape index (κ3) is 4.24. The summed E-state index contributed by atoms with van der Waals surface area (Å²) in [6.07, 6.45) is 2.68. The van der Waals surface area contributed by atoms with Crippen LogP contribution in [0.15, 0.2) is 90.0 Å². The Labute approximate surface area is 193 Å². The largest absolute Gasteiger partial charge is 0.497 e. The maximum absolute atomic E-state index is 13.0. The number of ether oxygens (including phenoxy) is 1. The molecule has 1 unspecified atom stereocenters. The number of nitrogens with one attached hydrogen (secondary N) is 1. The molecule has 1 N–H and O–H groups in total. The van der Waals surface area contributed by atoms with Gasteiger partial charge in [-0.05, 0) is 36.2 Å². The molecule has 1 aromatic heterocycles. The molecule has 0 radical (unpaired) electrons. The highest BCUT2D eigenvalue weighted by Crippen LogP contribution is 2.36. The van der Waals surface area contributed by atoms with Gasteiger partial charge in [0, 0.05) is 29.8 Å². The molecule has 3 aromatic carbocycles. The second kappa shape index (κ2) is 8.75. The number of pyridine rings is 1. The van der Waals surface area contributed by atoms with Gasteiger partial charge in [-0.25, -0.2) is 13.4 Å². The minimum absolute atomic E-state index is 0.168. The Hall–Kier alpha value is -3.58. The molecule has 1 aliphatic heterocycles. The molecule has 1 aliphatic rings. The molecule has 168 valence electrons. The number of hydrogen-bond donors (Lipinski definition) is 1. The SMILES string of the molecule is COc1ccc(S(=O)(=O)Nc2cnc(N3CCC(c4ccccc4)C3)c3ccccc23)cc1. The number of anilines is 2. The summed E-state index contributed by atoms with van der Waals surface area (Å²) in [6.45, 7) is 1.80. The summed E-state index contributed by atoms with van der Waals surface area (Å²) in [4.78, 5) is 7.16. The molecule has 6 nitrogen and oxygen atoms in total. The molecule has 0 saturated carbocycles. The molecular weight excluding hydrogens is 434 g/mol. The first-order chi connectivity index (χ1) is 16.0. The van der Waals surface area contributed by atoms with Gasteiger partial charge < -0.3 is 9.64 Å². The van der Waals surface area contributed by atoms with Gasteiger partial charge in [0.15, 0.2) is 0 Å². The molecule has 33 heavy (non-hydrogen) atoms. The van der Waals surface area contributed by atoms with Gasteiger partial charge in [0.1, 0.15) is 11.6 Å². The molecule has 2 heterocycles. The van der Waals surface area contributed by atoms with E-state index in [1.54, 1.807) is 25.4 Å². The Morgan fingerprint density at radius 2 is 1.64 bits per heavy atom. The highest BCUT2D eigenvalue weighted by atomic mass is 32.2. The number of methoxy groups -OCH3 is 1. The fourth-order valence-electron chi connectivity index (χ4n) is 4.42. The van der Waals surface area contributed by atoms with Gasteiger partial charge in [0.2, 0.25) is 0 Å². The van der Waals surface area contributed by atoms with E-state index in [9.17, 15) is 8.42 Å². The minimum Gasteiger partial charge on any atom is -0.497 e. The molecule has 1 atom stereocenters. The van der Waals surface area contributed by atoms with Crippen molar-refractivity contribution in [3.63, 3.8) is 0 Å². The first kappa shape index (κ1) is 21.3. The Balaban J connectivity index is 1.45. The highest BCUT2D eigenvalue weighted by molar-refractivity contribution is 7.92. The van der Waals surface area contributed by atoms with Crippen molar-refractivity contribution < 1.29 is 13.2 Å².